The van der Waals surface area contributed by atoms with Gasteiger partial charge >= 0.3 is 0 Å². The van der Waals surface area contributed by atoms with E-state index in [9.17, 15) is 4.79 Å². The number of hydrogen-bond acceptors (Lipinski definition) is 6. The molecule has 0 spiro atoms. The highest BCUT2D eigenvalue weighted by atomic mass is 16.1. The monoisotopic (exact) mass is 380 g/mol. The van der Waals surface area contributed by atoms with Crippen LogP contribution in [0.3, 0.4) is 0 Å². The van der Waals surface area contributed by atoms with E-state index in [0.717, 1.165) is 50.5 Å². The quantitative estimate of drug-likeness (QED) is 0.831. The lowest BCUT2D eigenvalue weighted by Gasteiger charge is -2.34. The molecule has 0 radical (unpaired) electrons. The van der Waals surface area contributed by atoms with Gasteiger partial charge in [0.1, 0.15) is 17.8 Å². The number of likely N-dealkylation sites (N-methyl/N-ethyl adjacent to an activating group) is 1. The molecule has 2 aliphatic rings. The fourth-order valence-corrected chi connectivity index (χ4v) is 3.86. The Morgan fingerprint density at radius 3 is 2.46 bits per heavy atom. The number of aromatic nitrogens is 2. The fraction of sp³-hybridized carbons (Fsp3) is 0.476. The van der Waals surface area contributed by atoms with Gasteiger partial charge in [-0.1, -0.05) is 12.8 Å². The second-order valence-corrected chi connectivity index (χ2v) is 7.71. The zero-order valence-electron chi connectivity index (χ0n) is 16.4. The first-order chi connectivity index (χ1) is 13.7. The highest BCUT2D eigenvalue weighted by Crippen LogP contribution is 2.22. The van der Waals surface area contributed by atoms with Gasteiger partial charge in [0.2, 0.25) is 0 Å². The Labute approximate surface area is 166 Å². The maximum atomic E-state index is 12.6. The van der Waals surface area contributed by atoms with Gasteiger partial charge < -0.3 is 20.4 Å². The number of piperazine rings is 1. The van der Waals surface area contributed by atoms with Crippen LogP contribution in [0.15, 0.2) is 36.7 Å². The smallest absolute Gasteiger partial charge is 0.274 e. The maximum Gasteiger partial charge on any atom is 0.274 e. The van der Waals surface area contributed by atoms with E-state index in [0.29, 0.717) is 11.7 Å². The molecule has 0 bridgehead atoms. The molecule has 7 nitrogen and oxygen atoms in total. The summed E-state index contributed by atoms with van der Waals surface area (Å²) in [7, 11) is 2.15. The van der Waals surface area contributed by atoms with Crippen LogP contribution in [-0.2, 0) is 0 Å². The third-order valence-corrected chi connectivity index (χ3v) is 5.60. The normalized spacial score (nSPS) is 18.2. The predicted octanol–water partition coefficient (Wildman–Crippen LogP) is 2.84. The Morgan fingerprint density at radius 2 is 1.75 bits per heavy atom. The Morgan fingerprint density at radius 1 is 1.04 bits per heavy atom. The minimum absolute atomic E-state index is 0.218. The van der Waals surface area contributed by atoms with E-state index in [1.165, 1.54) is 24.9 Å². The number of nitrogens with one attached hydrogen (secondary N) is 2. The van der Waals surface area contributed by atoms with Crippen molar-refractivity contribution in [3.05, 3.63) is 42.4 Å². The van der Waals surface area contributed by atoms with Gasteiger partial charge in [0.05, 0.1) is 0 Å². The van der Waals surface area contributed by atoms with Crippen LogP contribution in [0.5, 0.6) is 0 Å². The minimum Gasteiger partial charge on any atom is -0.369 e. The summed E-state index contributed by atoms with van der Waals surface area (Å²) in [6.45, 7) is 4.20. The van der Waals surface area contributed by atoms with E-state index >= 15 is 0 Å². The molecule has 148 valence electrons. The first kappa shape index (κ1) is 18.7. The molecule has 1 aromatic carbocycles. The van der Waals surface area contributed by atoms with Crippen molar-refractivity contribution in [3.63, 3.8) is 0 Å². The maximum absolute atomic E-state index is 12.6. The topological polar surface area (TPSA) is 73.4 Å². The summed E-state index contributed by atoms with van der Waals surface area (Å²) in [6, 6.07) is 10.2. The number of benzene rings is 1. The molecule has 2 heterocycles. The predicted molar refractivity (Wildman–Crippen MR) is 112 cm³/mol. The molecule has 1 aliphatic carbocycles. The van der Waals surface area contributed by atoms with Gasteiger partial charge in [-0.3, -0.25) is 4.79 Å². The van der Waals surface area contributed by atoms with Crippen LogP contribution >= 0.6 is 0 Å². The van der Waals surface area contributed by atoms with Crippen LogP contribution in [-0.4, -0.2) is 60.0 Å². The third kappa shape index (κ3) is 4.59. The summed E-state index contributed by atoms with van der Waals surface area (Å²) < 4.78 is 0. The molecule has 1 amide bonds. The number of carbonyl (C=O) groups excluding carboxylic acids is 1. The van der Waals surface area contributed by atoms with Crippen LogP contribution < -0.4 is 15.5 Å². The molecule has 2 aromatic rings. The summed E-state index contributed by atoms with van der Waals surface area (Å²) in [4.78, 5) is 25.7. The molecule has 1 saturated heterocycles. The standard InChI is InChI=1S/C21H28N6O/c1-26-10-12-27(13-11-26)18-8-6-17(7-9-18)25-21(28)19-14-20(23-15-22-19)24-16-4-2-3-5-16/h6-9,14-16H,2-5,10-13H2,1H3,(H,25,28)(H,22,23,24). The van der Waals surface area contributed by atoms with Crippen molar-refractivity contribution < 1.29 is 4.79 Å². The zero-order valence-corrected chi connectivity index (χ0v) is 16.4. The van der Waals surface area contributed by atoms with E-state index in [1.807, 2.05) is 12.1 Å². The third-order valence-electron chi connectivity index (χ3n) is 5.60. The highest BCUT2D eigenvalue weighted by Gasteiger charge is 2.17. The van der Waals surface area contributed by atoms with Crippen molar-refractivity contribution in [3.8, 4) is 0 Å². The Bertz CT molecular complexity index is 795. The fourth-order valence-electron chi connectivity index (χ4n) is 3.86. The van der Waals surface area contributed by atoms with Gasteiger partial charge in [-0.25, -0.2) is 9.97 Å². The molecule has 2 fully saturated rings. The Kier molecular flexibility index (Phi) is 5.71. The van der Waals surface area contributed by atoms with Crippen molar-refractivity contribution >= 4 is 23.1 Å². The van der Waals surface area contributed by atoms with E-state index < -0.39 is 0 Å². The van der Waals surface area contributed by atoms with Gasteiger partial charge in [-0.15, -0.1) is 0 Å². The van der Waals surface area contributed by atoms with Crippen molar-refractivity contribution in [2.45, 2.75) is 31.7 Å². The number of nitrogens with zero attached hydrogens (tertiary/aromatic N) is 4. The molecule has 7 heteroatoms. The molecular weight excluding hydrogens is 352 g/mol. The molecule has 0 atom stereocenters. The van der Waals surface area contributed by atoms with Crippen molar-refractivity contribution in [1.82, 2.24) is 14.9 Å². The summed E-state index contributed by atoms with van der Waals surface area (Å²) in [5, 5.41) is 6.34. The molecule has 2 N–H and O–H groups in total. The van der Waals surface area contributed by atoms with Crippen LogP contribution in [0.4, 0.5) is 17.2 Å². The molecule has 1 saturated carbocycles. The SMILES string of the molecule is CN1CCN(c2ccc(NC(=O)c3cc(NC4CCCC4)ncn3)cc2)CC1. The Hall–Kier alpha value is -2.67. The van der Waals surface area contributed by atoms with E-state index in [4.69, 9.17) is 0 Å². The first-order valence-corrected chi connectivity index (χ1v) is 10.1. The van der Waals surface area contributed by atoms with Gasteiger partial charge in [-0.2, -0.15) is 0 Å². The van der Waals surface area contributed by atoms with E-state index in [2.05, 4.69) is 49.6 Å². The van der Waals surface area contributed by atoms with Gasteiger partial charge in [0, 0.05) is 49.7 Å². The van der Waals surface area contributed by atoms with Crippen molar-refractivity contribution in [1.29, 1.82) is 0 Å². The molecular formula is C21H28N6O. The van der Waals surface area contributed by atoms with Crippen LogP contribution in [0.1, 0.15) is 36.2 Å². The van der Waals surface area contributed by atoms with Gasteiger partial charge in [0.25, 0.3) is 5.91 Å². The molecule has 1 aliphatic heterocycles. The molecule has 1 aromatic heterocycles. The van der Waals surface area contributed by atoms with E-state index in [-0.39, 0.29) is 5.91 Å². The molecule has 4 rings (SSSR count). The number of anilines is 3. The molecule has 0 unspecified atom stereocenters. The molecule has 28 heavy (non-hydrogen) atoms. The minimum atomic E-state index is -0.218. The van der Waals surface area contributed by atoms with Crippen molar-refractivity contribution in [2.75, 3.05) is 48.8 Å². The summed E-state index contributed by atoms with van der Waals surface area (Å²) in [5.74, 6) is 0.502. The van der Waals surface area contributed by atoms with Crippen molar-refractivity contribution in [2.24, 2.45) is 0 Å². The summed E-state index contributed by atoms with van der Waals surface area (Å²) in [6.07, 6.45) is 6.26. The second-order valence-electron chi connectivity index (χ2n) is 7.71. The first-order valence-electron chi connectivity index (χ1n) is 10.1. The van der Waals surface area contributed by atoms with Gasteiger partial charge in [-0.05, 0) is 44.2 Å². The van der Waals surface area contributed by atoms with Crippen LogP contribution in [0.2, 0.25) is 0 Å². The lowest BCUT2D eigenvalue weighted by molar-refractivity contribution is 0.102. The van der Waals surface area contributed by atoms with Crippen LogP contribution in [0, 0.1) is 0 Å². The average molecular weight is 380 g/mol. The highest BCUT2D eigenvalue weighted by molar-refractivity contribution is 6.03. The number of amides is 1. The van der Waals surface area contributed by atoms with Crippen LogP contribution in [0.25, 0.3) is 0 Å². The summed E-state index contributed by atoms with van der Waals surface area (Å²) >= 11 is 0. The number of carbonyl (C=O) groups is 1. The lowest BCUT2D eigenvalue weighted by Crippen LogP contribution is -2.44. The zero-order chi connectivity index (χ0) is 19.3. The van der Waals surface area contributed by atoms with Gasteiger partial charge in [0.15, 0.2) is 0 Å². The largest absolute Gasteiger partial charge is 0.369 e. The summed E-state index contributed by atoms with van der Waals surface area (Å²) in [5.41, 5.74) is 2.33. The average Bonchev–Trinajstić information content (AvgIpc) is 3.22. The second kappa shape index (κ2) is 8.56. The lowest BCUT2D eigenvalue weighted by atomic mass is 10.2. The van der Waals surface area contributed by atoms with E-state index in [1.54, 1.807) is 6.07 Å². The number of rotatable bonds is 5. The number of hydrogen-bond donors (Lipinski definition) is 2. The Balaban J connectivity index is 1.36.